The van der Waals surface area contributed by atoms with E-state index in [1.165, 1.54) is 4.90 Å². The van der Waals surface area contributed by atoms with E-state index >= 15 is 0 Å². The molecule has 0 saturated carbocycles. The molecule has 5 nitrogen and oxygen atoms in total. The summed E-state index contributed by atoms with van der Waals surface area (Å²) in [6.07, 6.45) is 3.12. The highest BCUT2D eigenvalue weighted by Gasteiger charge is 2.19. The zero-order valence-electron chi connectivity index (χ0n) is 10.4. The normalized spacial score (nSPS) is 11.3. The van der Waals surface area contributed by atoms with Gasteiger partial charge in [0.1, 0.15) is 0 Å². The van der Waals surface area contributed by atoms with Gasteiger partial charge in [0.2, 0.25) is 5.91 Å². The molecule has 17 heavy (non-hydrogen) atoms. The second kappa shape index (κ2) is 9.62. The first-order valence-corrected chi connectivity index (χ1v) is 5.95. The van der Waals surface area contributed by atoms with Crippen molar-refractivity contribution in [2.24, 2.45) is 5.73 Å². The molecule has 0 aromatic rings. The molecule has 0 radical (unpaired) electrons. The van der Waals surface area contributed by atoms with Gasteiger partial charge in [-0.05, 0) is 6.42 Å². The molecule has 2 N–H and O–H groups in total. The predicted octanol–water partition coefficient (Wildman–Crippen LogP) is 1.16. The van der Waals surface area contributed by atoms with Gasteiger partial charge in [0.05, 0.1) is 31.0 Å². The lowest BCUT2D eigenvalue weighted by molar-refractivity contribution is -0.132. The Morgan fingerprint density at radius 3 is 2.24 bits per heavy atom. The van der Waals surface area contributed by atoms with Crippen molar-refractivity contribution in [2.75, 3.05) is 13.1 Å². The molecule has 0 heterocycles. The molecule has 1 unspecified atom stereocenters. The summed E-state index contributed by atoms with van der Waals surface area (Å²) < 4.78 is 0. The van der Waals surface area contributed by atoms with Gasteiger partial charge in [-0.3, -0.25) is 4.79 Å². The van der Waals surface area contributed by atoms with Crippen molar-refractivity contribution in [1.82, 2.24) is 4.90 Å². The van der Waals surface area contributed by atoms with Gasteiger partial charge in [0, 0.05) is 13.1 Å². The molecule has 0 aliphatic carbocycles. The van der Waals surface area contributed by atoms with E-state index in [1.54, 1.807) is 0 Å². The zero-order valence-corrected chi connectivity index (χ0v) is 10.4. The van der Waals surface area contributed by atoms with Gasteiger partial charge in [0.25, 0.3) is 0 Å². The lowest BCUT2D eigenvalue weighted by atomic mass is 10.1. The van der Waals surface area contributed by atoms with Crippen LogP contribution in [0.15, 0.2) is 0 Å². The fraction of sp³-hybridized carbons (Fsp3) is 0.750. The second-order valence-electron chi connectivity index (χ2n) is 3.89. The number of nitriles is 2. The van der Waals surface area contributed by atoms with Gasteiger partial charge in [-0.2, -0.15) is 10.5 Å². The van der Waals surface area contributed by atoms with Crippen LogP contribution >= 0.6 is 0 Å². The van der Waals surface area contributed by atoms with E-state index in [4.69, 9.17) is 16.3 Å². The number of carbonyl (C=O) groups excluding carboxylic acids is 1. The highest BCUT2D eigenvalue weighted by atomic mass is 16.2. The number of carbonyl (C=O) groups is 1. The van der Waals surface area contributed by atoms with Crippen LogP contribution in [0.1, 0.15) is 39.0 Å². The average molecular weight is 236 g/mol. The Hall–Kier alpha value is -1.59. The highest BCUT2D eigenvalue weighted by molar-refractivity contribution is 5.81. The summed E-state index contributed by atoms with van der Waals surface area (Å²) in [5.41, 5.74) is 5.79. The highest BCUT2D eigenvalue weighted by Crippen LogP contribution is 2.04. The molecule has 0 saturated heterocycles. The third-order valence-corrected chi connectivity index (χ3v) is 2.48. The first kappa shape index (κ1) is 15.4. The van der Waals surface area contributed by atoms with Gasteiger partial charge >= 0.3 is 0 Å². The van der Waals surface area contributed by atoms with Crippen LogP contribution in [0.25, 0.3) is 0 Å². The molecule has 0 spiro atoms. The van der Waals surface area contributed by atoms with Gasteiger partial charge < -0.3 is 10.6 Å². The molecule has 0 aromatic carbocycles. The van der Waals surface area contributed by atoms with Crippen molar-refractivity contribution in [2.45, 2.75) is 45.1 Å². The molecule has 0 fully saturated rings. The molecule has 0 aliphatic heterocycles. The maximum absolute atomic E-state index is 11.9. The monoisotopic (exact) mass is 236 g/mol. The van der Waals surface area contributed by atoms with Crippen molar-refractivity contribution in [3.8, 4) is 12.1 Å². The van der Waals surface area contributed by atoms with Crippen LogP contribution in [0.2, 0.25) is 0 Å². The third kappa shape index (κ3) is 6.55. The first-order chi connectivity index (χ1) is 8.17. The minimum atomic E-state index is -0.507. The molecule has 0 rings (SSSR count). The molecule has 94 valence electrons. The summed E-state index contributed by atoms with van der Waals surface area (Å²) in [6.45, 7) is 2.76. The van der Waals surface area contributed by atoms with E-state index in [9.17, 15) is 4.79 Å². The van der Waals surface area contributed by atoms with Crippen molar-refractivity contribution < 1.29 is 4.79 Å². The SMILES string of the molecule is CCCCC(N)C(=O)N(CCC#N)CCC#N. The lowest BCUT2D eigenvalue weighted by Crippen LogP contribution is -2.44. The maximum Gasteiger partial charge on any atom is 0.239 e. The second-order valence-corrected chi connectivity index (χ2v) is 3.89. The van der Waals surface area contributed by atoms with Crippen LogP contribution in [0.4, 0.5) is 0 Å². The topological polar surface area (TPSA) is 93.9 Å². The van der Waals surface area contributed by atoms with Crippen LogP contribution in [-0.2, 0) is 4.79 Å². The molecule has 5 heteroatoms. The third-order valence-electron chi connectivity index (χ3n) is 2.48. The van der Waals surface area contributed by atoms with E-state index in [0.29, 0.717) is 19.5 Å². The molecular weight excluding hydrogens is 216 g/mol. The number of amides is 1. The molecule has 0 aliphatic rings. The zero-order chi connectivity index (χ0) is 13.1. The minimum absolute atomic E-state index is 0.149. The van der Waals surface area contributed by atoms with Gasteiger partial charge in [-0.25, -0.2) is 0 Å². The number of hydrogen-bond acceptors (Lipinski definition) is 4. The fourth-order valence-electron chi connectivity index (χ4n) is 1.48. The van der Waals surface area contributed by atoms with Crippen LogP contribution < -0.4 is 5.73 Å². The van der Waals surface area contributed by atoms with Crippen LogP contribution in [0.3, 0.4) is 0 Å². The Kier molecular flexibility index (Phi) is 8.72. The molecule has 0 bridgehead atoms. The molecule has 1 amide bonds. The van der Waals surface area contributed by atoms with Crippen molar-refractivity contribution in [3.63, 3.8) is 0 Å². The van der Waals surface area contributed by atoms with Gasteiger partial charge in [-0.15, -0.1) is 0 Å². The summed E-state index contributed by atoms with van der Waals surface area (Å²) in [6, 6.07) is 3.48. The summed E-state index contributed by atoms with van der Waals surface area (Å²) >= 11 is 0. The van der Waals surface area contributed by atoms with E-state index in [-0.39, 0.29) is 18.7 Å². The van der Waals surface area contributed by atoms with Crippen molar-refractivity contribution >= 4 is 5.91 Å². The van der Waals surface area contributed by atoms with Crippen LogP contribution in [-0.4, -0.2) is 29.9 Å². The number of nitrogens with zero attached hydrogens (tertiary/aromatic N) is 3. The van der Waals surface area contributed by atoms with E-state index in [2.05, 4.69) is 0 Å². The quantitative estimate of drug-likeness (QED) is 0.684. The Labute approximate surface area is 103 Å². The smallest absolute Gasteiger partial charge is 0.239 e. The Balaban J connectivity index is 4.30. The van der Waals surface area contributed by atoms with E-state index < -0.39 is 6.04 Å². The molecule has 1 atom stereocenters. The number of nitrogens with two attached hydrogens (primary N) is 1. The minimum Gasteiger partial charge on any atom is -0.339 e. The summed E-state index contributed by atoms with van der Waals surface area (Å²) in [5.74, 6) is -0.149. The Morgan fingerprint density at radius 2 is 1.82 bits per heavy atom. The number of unbranched alkanes of at least 4 members (excludes halogenated alkanes) is 1. The Bertz CT molecular complexity index is 285. The predicted molar refractivity (Wildman–Crippen MR) is 64.5 cm³/mol. The van der Waals surface area contributed by atoms with Crippen LogP contribution in [0, 0.1) is 22.7 Å². The van der Waals surface area contributed by atoms with Crippen LogP contribution in [0.5, 0.6) is 0 Å². The average Bonchev–Trinajstić information content (AvgIpc) is 2.35. The van der Waals surface area contributed by atoms with Gasteiger partial charge in [0.15, 0.2) is 0 Å². The van der Waals surface area contributed by atoms with Crippen molar-refractivity contribution in [3.05, 3.63) is 0 Å². The Morgan fingerprint density at radius 1 is 1.29 bits per heavy atom. The molecular formula is C12H20N4O. The summed E-state index contributed by atoms with van der Waals surface area (Å²) in [4.78, 5) is 13.5. The lowest BCUT2D eigenvalue weighted by Gasteiger charge is -2.23. The summed E-state index contributed by atoms with van der Waals surface area (Å²) in [5, 5.41) is 17.0. The van der Waals surface area contributed by atoms with Crippen molar-refractivity contribution in [1.29, 1.82) is 10.5 Å². The number of rotatable bonds is 8. The fourth-order valence-corrected chi connectivity index (χ4v) is 1.48. The van der Waals surface area contributed by atoms with Gasteiger partial charge in [-0.1, -0.05) is 19.8 Å². The first-order valence-electron chi connectivity index (χ1n) is 5.95. The van der Waals surface area contributed by atoms with E-state index in [1.807, 2.05) is 19.1 Å². The summed E-state index contributed by atoms with van der Waals surface area (Å²) in [7, 11) is 0. The van der Waals surface area contributed by atoms with E-state index in [0.717, 1.165) is 12.8 Å². The largest absolute Gasteiger partial charge is 0.339 e. The number of hydrogen-bond donors (Lipinski definition) is 1. The molecule has 0 aromatic heterocycles. The maximum atomic E-state index is 11.9. The standard InChI is InChI=1S/C12H20N4O/c1-2-3-6-11(15)12(17)16(9-4-7-13)10-5-8-14/h11H,2-6,9-10,15H2,1H3.